The first-order chi connectivity index (χ1) is 17.7. The molecule has 5 rings (SSSR count). The molecule has 8 heteroatoms. The normalized spacial score (nSPS) is 15.8. The van der Waals surface area contributed by atoms with Crippen molar-refractivity contribution in [3.8, 4) is 28.4 Å². The summed E-state index contributed by atoms with van der Waals surface area (Å²) in [6, 6.07) is 15.9. The molecule has 0 spiro atoms. The lowest BCUT2D eigenvalue weighted by Crippen LogP contribution is -2.46. The summed E-state index contributed by atoms with van der Waals surface area (Å²) in [6.45, 7) is 9.86. The molecule has 8 nitrogen and oxygen atoms in total. The topological polar surface area (TPSA) is 71.9 Å². The summed E-state index contributed by atoms with van der Waals surface area (Å²) >= 11 is 0. The number of rotatable bonds is 10. The minimum atomic E-state index is 0.0786. The van der Waals surface area contributed by atoms with Gasteiger partial charge >= 0.3 is 0 Å². The van der Waals surface area contributed by atoms with Gasteiger partial charge < -0.3 is 24.6 Å². The van der Waals surface area contributed by atoms with Crippen molar-refractivity contribution in [1.82, 2.24) is 24.9 Å². The van der Waals surface area contributed by atoms with E-state index in [9.17, 15) is 4.79 Å². The number of hydrogen-bond acceptors (Lipinski definition) is 6. The number of carbonyl (C=O) groups excluding carboxylic acids is 1. The molecule has 36 heavy (non-hydrogen) atoms. The van der Waals surface area contributed by atoms with Gasteiger partial charge in [-0.25, -0.2) is 4.68 Å². The van der Waals surface area contributed by atoms with Crippen LogP contribution in [0.25, 0.3) is 16.9 Å². The molecule has 0 unspecified atom stereocenters. The number of aromatic nitrogens is 2. The Kier molecular flexibility index (Phi) is 7.83. The van der Waals surface area contributed by atoms with Gasteiger partial charge in [-0.2, -0.15) is 5.10 Å². The van der Waals surface area contributed by atoms with E-state index in [0.717, 1.165) is 79.7 Å². The van der Waals surface area contributed by atoms with Crippen molar-refractivity contribution < 1.29 is 14.3 Å². The molecule has 3 aromatic rings. The van der Waals surface area contributed by atoms with Gasteiger partial charge in [0.1, 0.15) is 0 Å². The molecule has 3 heterocycles. The molecule has 2 aliphatic heterocycles. The number of nitrogens with zero attached hydrogens (tertiary/aromatic N) is 4. The molecule has 2 aromatic carbocycles. The zero-order valence-corrected chi connectivity index (χ0v) is 21.0. The highest BCUT2D eigenvalue weighted by Gasteiger charge is 2.19. The van der Waals surface area contributed by atoms with E-state index in [1.807, 2.05) is 59.4 Å². The maximum atomic E-state index is 12.6. The van der Waals surface area contributed by atoms with Crippen molar-refractivity contribution >= 4 is 5.91 Å². The fraction of sp³-hybridized carbons (Fsp3) is 0.429. The van der Waals surface area contributed by atoms with Gasteiger partial charge in [-0.1, -0.05) is 25.1 Å². The van der Waals surface area contributed by atoms with Crippen LogP contribution in [-0.2, 0) is 11.2 Å². The number of likely N-dealkylation sites (N-methyl/N-ethyl adjacent to an activating group) is 1. The van der Waals surface area contributed by atoms with Gasteiger partial charge in [-0.15, -0.1) is 0 Å². The van der Waals surface area contributed by atoms with Crippen LogP contribution in [0, 0.1) is 0 Å². The Bertz CT molecular complexity index is 1160. The average molecular weight is 490 g/mol. The van der Waals surface area contributed by atoms with Gasteiger partial charge in [0.05, 0.1) is 11.4 Å². The molecule has 1 saturated heterocycles. The number of hydrogen-bond donors (Lipinski definition) is 1. The third kappa shape index (κ3) is 5.88. The van der Waals surface area contributed by atoms with Gasteiger partial charge in [-0.05, 0) is 61.8 Å². The van der Waals surface area contributed by atoms with Gasteiger partial charge in [0.15, 0.2) is 11.5 Å². The molecule has 0 saturated carbocycles. The van der Waals surface area contributed by atoms with Crippen LogP contribution in [0.2, 0.25) is 0 Å². The summed E-state index contributed by atoms with van der Waals surface area (Å²) in [5.41, 5.74) is 3.82. The number of fused-ring (bicyclic) bond motifs is 1. The molecular formula is C28H35N5O3. The van der Waals surface area contributed by atoms with Crippen LogP contribution < -0.4 is 14.8 Å². The van der Waals surface area contributed by atoms with Crippen LogP contribution in [0.3, 0.4) is 0 Å². The standard InChI is InChI=1S/C28H35N5O3/c1-2-31-15-17-32(18-16-31)14-6-13-29-27(34)12-10-23-20-33(24-7-4-3-5-8-24)30-28(23)22-9-11-25-26(19-22)36-21-35-25/h3-5,7-9,11,19-20H,2,6,10,12-18,21H2,1H3,(H,29,34). The number of benzene rings is 2. The largest absolute Gasteiger partial charge is 0.454 e. The summed E-state index contributed by atoms with van der Waals surface area (Å²) < 4.78 is 12.9. The molecule has 2 aliphatic rings. The summed E-state index contributed by atoms with van der Waals surface area (Å²) in [7, 11) is 0. The van der Waals surface area contributed by atoms with Crippen LogP contribution >= 0.6 is 0 Å². The highest BCUT2D eigenvalue weighted by Crippen LogP contribution is 2.36. The smallest absolute Gasteiger partial charge is 0.231 e. The Morgan fingerprint density at radius 3 is 2.58 bits per heavy atom. The lowest BCUT2D eigenvalue weighted by Gasteiger charge is -2.33. The van der Waals surface area contributed by atoms with E-state index in [4.69, 9.17) is 14.6 Å². The summed E-state index contributed by atoms with van der Waals surface area (Å²) in [6.07, 6.45) is 4.04. The van der Waals surface area contributed by atoms with Gasteiger partial charge in [0.2, 0.25) is 12.7 Å². The molecule has 1 fully saturated rings. The molecule has 1 aromatic heterocycles. The average Bonchev–Trinajstić information content (AvgIpc) is 3.57. The monoisotopic (exact) mass is 489 g/mol. The zero-order valence-electron chi connectivity index (χ0n) is 21.0. The van der Waals surface area contributed by atoms with E-state index < -0.39 is 0 Å². The highest BCUT2D eigenvalue weighted by atomic mass is 16.7. The maximum absolute atomic E-state index is 12.6. The molecule has 190 valence electrons. The first kappa shape index (κ1) is 24.3. The van der Waals surface area contributed by atoms with E-state index in [-0.39, 0.29) is 12.7 Å². The Morgan fingerprint density at radius 2 is 1.78 bits per heavy atom. The third-order valence-electron chi connectivity index (χ3n) is 6.96. The third-order valence-corrected chi connectivity index (χ3v) is 6.96. The summed E-state index contributed by atoms with van der Waals surface area (Å²) in [4.78, 5) is 17.6. The van der Waals surface area contributed by atoms with E-state index >= 15 is 0 Å². The van der Waals surface area contributed by atoms with Gasteiger partial charge in [0, 0.05) is 50.9 Å². The van der Waals surface area contributed by atoms with E-state index in [1.54, 1.807) is 0 Å². The fourth-order valence-electron chi connectivity index (χ4n) is 4.79. The molecular weight excluding hydrogens is 454 g/mol. The quantitative estimate of drug-likeness (QED) is 0.441. The summed E-state index contributed by atoms with van der Waals surface area (Å²) in [5, 5.41) is 7.98. The molecule has 0 bridgehead atoms. The minimum Gasteiger partial charge on any atom is -0.454 e. The van der Waals surface area contributed by atoms with Crippen molar-refractivity contribution in [2.45, 2.75) is 26.2 Å². The van der Waals surface area contributed by atoms with Crippen molar-refractivity contribution in [3.05, 3.63) is 60.3 Å². The van der Waals surface area contributed by atoms with Gasteiger partial charge in [0.25, 0.3) is 0 Å². The van der Waals surface area contributed by atoms with Crippen molar-refractivity contribution in [2.75, 3.05) is 52.6 Å². The van der Waals surface area contributed by atoms with Crippen LogP contribution in [0.5, 0.6) is 11.5 Å². The number of carbonyl (C=O) groups is 1. The summed E-state index contributed by atoms with van der Waals surface area (Å²) in [5.74, 6) is 1.55. The number of nitrogens with one attached hydrogen (secondary N) is 1. The fourth-order valence-corrected chi connectivity index (χ4v) is 4.79. The number of para-hydroxylation sites is 1. The van der Waals surface area contributed by atoms with Crippen LogP contribution in [0.4, 0.5) is 0 Å². The zero-order chi connectivity index (χ0) is 24.7. The van der Waals surface area contributed by atoms with Crippen LogP contribution in [0.1, 0.15) is 25.3 Å². The number of amides is 1. The Morgan fingerprint density at radius 1 is 1.00 bits per heavy atom. The van der Waals surface area contributed by atoms with E-state index in [2.05, 4.69) is 22.0 Å². The van der Waals surface area contributed by atoms with Crippen LogP contribution in [-0.4, -0.2) is 78.1 Å². The van der Waals surface area contributed by atoms with Crippen molar-refractivity contribution in [1.29, 1.82) is 0 Å². The molecule has 0 atom stereocenters. The predicted molar refractivity (Wildman–Crippen MR) is 140 cm³/mol. The molecule has 1 amide bonds. The van der Waals surface area contributed by atoms with Crippen molar-refractivity contribution in [2.24, 2.45) is 0 Å². The Balaban J connectivity index is 1.18. The van der Waals surface area contributed by atoms with Crippen molar-refractivity contribution in [3.63, 3.8) is 0 Å². The van der Waals surface area contributed by atoms with E-state index in [0.29, 0.717) is 19.4 Å². The van der Waals surface area contributed by atoms with Gasteiger partial charge in [-0.3, -0.25) is 4.79 Å². The number of aryl methyl sites for hydroxylation is 1. The maximum Gasteiger partial charge on any atom is 0.231 e. The molecule has 0 radical (unpaired) electrons. The lowest BCUT2D eigenvalue weighted by molar-refractivity contribution is -0.121. The SMILES string of the molecule is CCN1CCN(CCCNC(=O)CCc2cn(-c3ccccc3)nc2-c2ccc3c(c2)OCO3)CC1. The second-order valence-corrected chi connectivity index (χ2v) is 9.33. The lowest BCUT2D eigenvalue weighted by atomic mass is 10.0. The second kappa shape index (κ2) is 11.6. The number of ether oxygens (including phenoxy) is 2. The first-order valence-corrected chi connectivity index (χ1v) is 12.9. The predicted octanol–water partition coefficient (Wildman–Crippen LogP) is 3.34. The second-order valence-electron chi connectivity index (χ2n) is 9.33. The van der Waals surface area contributed by atoms with Crippen LogP contribution in [0.15, 0.2) is 54.7 Å². The first-order valence-electron chi connectivity index (χ1n) is 12.9. The Hall–Kier alpha value is -3.36. The minimum absolute atomic E-state index is 0.0786. The molecule has 1 N–H and O–H groups in total. The number of piperazine rings is 1. The highest BCUT2D eigenvalue weighted by molar-refractivity contribution is 5.77. The Labute approximate surface area is 212 Å². The van der Waals surface area contributed by atoms with E-state index in [1.165, 1.54) is 0 Å². The molecule has 0 aliphatic carbocycles.